The molecule has 3 aromatic rings. The summed E-state index contributed by atoms with van der Waals surface area (Å²) >= 11 is 0. The number of alkyl halides is 2. The maximum atomic E-state index is 16.0. The van der Waals surface area contributed by atoms with Gasteiger partial charge in [-0.1, -0.05) is 37.5 Å². The number of aliphatic hydroxyl groups is 1. The highest BCUT2D eigenvalue weighted by Gasteiger charge is 2.48. The number of piperidine rings is 1. The number of hydrogen-bond acceptors (Lipinski definition) is 7. The van der Waals surface area contributed by atoms with Gasteiger partial charge in [0.2, 0.25) is 0 Å². The lowest BCUT2D eigenvalue weighted by Crippen LogP contribution is -2.40. The van der Waals surface area contributed by atoms with Crippen molar-refractivity contribution in [1.82, 2.24) is 19.4 Å². The Morgan fingerprint density at radius 1 is 1.07 bits per heavy atom. The molecule has 1 aliphatic carbocycles. The molecule has 2 aromatic heterocycles. The first kappa shape index (κ1) is 31.5. The normalized spacial score (nSPS) is 26.5. The van der Waals surface area contributed by atoms with Gasteiger partial charge in [-0.15, -0.1) is 0 Å². The number of pyridine rings is 1. The Balaban J connectivity index is 1.49. The molecule has 1 aromatic carbocycles. The van der Waals surface area contributed by atoms with Crippen molar-refractivity contribution in [3.8, 4) is 6.07 Å². The van der Waals surface area contributed by atoms with E-state index in [0.717, 1.165) is 32.2 Å². The van der Waals surface area contributed by atoms with Gasteiger partial charge in [-0.3, -0.25) is 9.36 Å². The molecular weight excluding hydrogens is 581 g/mol. The Morgan fingerprint density at radius 3 is 2.49 bits per heavy atom. The van der Waals surface area contributed by atoms with Crippen molar-refractivity contribution in [2.24, 2.45) is 5.92 Å². The monoisotopic (exact) mass is 622 g/mol. The largest absolute Gasteiger partial charge is 0.394 e. The van der Waals surface area contributed by atoms with Gasteiger partial charge in [0.15, 0.2) is 0 Å². The molecule has 45 heavy (non-hydrogen) atoms. The van der Waals surface area contributed by atoms with E-state index in [-0.39, 0.29) is 17.7 Å². The fraction of sp³-hybridized carbons (Fsp3) is 0.588. The van der Waals surface area contributed by atoms with E-state index in [0.29, 0.717) is 73.4 Å². The Bertz CT molecular complexity index is 1670. The van der Waals surface area contributed by atoms with Crippen LogP contribution < -0.4 is 10.9 Å². The summed E-state index contributed by atoms with van der Waals surface area (Å²) in [6.45, 7) is 5.01. The third-order valence-electron chi connectivity index (χ3n) is 10.1. The van der Waals surface area contributed by atoms with Gasteiger partial charge < -0.3 is 15.3 Å². The van der Waals surface area contributed by atoms with Gasteiger partial charge in [-0.05, 0) is 78.1 Å². The van der Waals surface area contributed by atoms with Crippen LogP contribution in [0.2, 0.25) is 0 Å². The van der Waals surface area contributed by atoms with Gasteiger partial charge in [-0.25, -0.2) is 23.1 Å². The van der Waals surface area contributed by atoms with Crippen LogP contribution in [0.15, 0.2) is 29.1 Å². The molecule has 0 radical (unpaired) electrons. The number of nitrogens with one attached hydrogen (secondary N) is 1. The highest BCUT2D eigenvalue weighted by molar-refractivity contribution is 5.88. The average Bonchev–Trinajstić information content (AvgIpc) is 3.82. The molecule has 0 amide bonds. The molecule has 1 saturated heterocycles. The number of nitrogens with zero attached hydrogens (tertiary/aromatic N) is 5. The van der Waals surface area contributed by atoms with Crippen LogP contribution in [0.3, 0.4) is 0 Å². The highest BCUT2D eigenvalue weighted by atomic mass is 19.3. The number of hydrogen-bond donors (Lipinski definition) is 2. The predicted molar refractivity (Wildman–Crippen MR) is 166 cm³/mol. The second-order valence-electron chi connectivity index (χ2n) is 13.1. The summed E-state index contributed by atoms with van der Waals surface area (Å²) in [4.78, 5) is 25.5. The number of anilines is 1. The summed E-state index contributed by atoms with van der Waals surface area (Å²) in [6, 6.07) is 6.80. The first-order valence-corrected chi connectivity index (χ1v) is 16.2. The van der Waals surface area contributed by atoms with Crippen LogP contribution in [0, 0.1) is 30.0 Å². The number of benzene rings is 1. The number of nitriles is 1. The fourth-order valence-electron chi connectivity index (χ4n) is 7.21. The topological polar surface area (TPSA) is 107 Å². The van der Waals surface area contributed by atoms with Crippen molar-refractivity contribution in [2.45, 2.75) is 95.1 Å². The summed E-state index contributed by atoms with van der Waals surface area (Å²) in [7, 11) is 0. The molecule has 2 atom stereocenters. The molecule has 4 aliphatic rings. The lowest BCUT2D eigenvalue weighted by Gasteiger charge is -2.36. The Kier molecular flexibility index (Phi) is 8.65. The van der Waals surface area contributed by atoms with Crippen molar-refractivity contribution >= 4 is 16.9 Å². The van der Waals surface area contributed by atoms with E-state index in [4.69, 9.17) is 0 Å². The SMILES string of the molecule is Cc1nc2c3cc(C4(C#N)CC4)c(=O)n(c3n1)C(CO)CCCCCCN1CCC(CC1)C(F)(F)c1cccc(c1F)[C@@H](C)N2. The number of aromatic nitrogens is 3. The Labute approximate surface area is 261 Å². The maximum absolute atomic E-state index is 16.0. The number of rotatable bonds is 2. The summed E-state index contributed by atoms with van der Waals surface area (Å²) in [6.07, 6.45) is 5.78. The molecule has 1 unspecified atom stereocenters. The first-order chi connectivity index (χ1) is 21.6. The van der Waals surface area contributed by atoms with Crippen LogP contribution in [0.1, 0.15) is 99.3 Å². The number of halogens is 3. The van der Waals surface area contributed by atoms with Crippen molar-refractivity contribution in [3.63, 3.8) is 0 Å². The minimum absolute atomic E-state index is 0.0809. The molecule has 240 valence electrons. The third kappa shape index (κ3) is 5.83. The van der Waals surface area contributed by atoms with Gasteiger partial charge >= 0.3 is 0 Å². The molecule has 11 heteroatoms. The zero-order valence-corrected chi connectivity index (χ0v) is 26.0. The molecule has 7 rings (SSSR count). The van der Waals surface area contributed by atoms with Crippen molar-refractivity contribution in [3.05, 3.63) is 63.0 Å². The fourth-order valence-corrected chi connectivity index (χ4v) is 7.21. The van der Waals surface area contributed by atoms with Crippen LogP contribution in [0.25, 0.3) is 11.0 Å². The van der Waals surface area contributed by atoms with Gasteiger partial charge in [0.25, 0.3) is 11.5 Å². The van der Waals surface area contributed by atoms with E-state index in [1.165, 1.54) is 22.8 Å². The second-order valence-corrected chi connectivity index (χ2v) is 13.1. The summed E-state index contributed by atoms with van der Waals surface area (Å²) in [5.74, 6) is -4.54. The third-order valence-corrected chi connectivity index (χ3v) is 10.1. The van der Waals surface area contributed by atoms with E-state index in [1.54, 1.807) is 19.9 Å². The molecule has 5 heterocycles. The van der Waals surface area contributed by atoms with Crippen molar-refractivity contribution in [2.75, 3.05) is 31.6 Å². The molecule has 1 saturated carbocycles. The molecular formula is C34H41F3N6O2. The lowest BCUT2D eigenvalue weighted by molar-refractivity contribution is -0.0880. The standard InChI is InChI=1S/C34H41F3N6O2/c1-21-25-9-7-10-27(29(25)35)34(36,37)23-11-16-42(17-12-23)15-6-4-3-5-8-24(19-44)43-31-26(30(39-21)40-22(2)41-31)18-28(32(43)45)33(20-38)13-14-33/h7,9-10,18,21,23-24,44H,3-6,8,11-17,19H2,1-2H3,(H,39,40,41)/t21-,24?/m1/s1. The van der Waals surface area contributed by atoms with E-state index in [2.05, 4.69) is 26.3 Å². The zero-order valence-electron chi connectivity index (χ0n) is 26.0. The average molecular weight is 623 g/mol. The molecule has 8 nitrogen and oxygen atoms in total. The lowest BCUT2D eigenvalue weighted by atomic mass is 9.85. The molecule has 3 aliphatic heterocycles. The van der Waals surface area contributed by atoms with E-state index in [9.17, 15) is 15.2 Å². The quantitative estimate of drug-likeness (QED) is 0.347. The maximum Gasteiger partial charge on any atom is 0.278 e. The minimum Gasteiger partial charge on any atom is -0.394 e. The van der Waals surface area contributed by atoms with Gasteiger partial charge in [0, 0.05) is 17.0 Å². The van der Waals surface area contributed by atoms with Gasteiger partial charge in [0.1, 0.15) is 23.1 Å². The van der Waals surface area contributed by atoms with E-state index >= 15 is 13.2 Å². The highest BCUT2D eigenvalue weighted by Crippen LogP contribution is 2.47. The number of fused-ring (bicyclic) bond motifs is 9. The minimum atomic E-state index is -3.32. The molecule has 2 N–H and O–H groups in total. The van der Waals surface area contributed by atoms with E-state index < -0.39 is 40.7 Å². The second kappa shape index (κ2) is 12.4. The molecule has 2 fully saturated rings. The molecule has 0 spiro atoms. The number of aryl methyl sites for hydroxylation is 1. The van der Waals surface area contributed by atoms with Crippen molar-refractivity contribution in [1.29, 1.82) is 5.26 Å². The Morgan fingerprint density at radius 2 is 1.80 bits per heavy atom. The van der Waals surface area contributed by atoms with Crippen LogP contribution in [-0.4, -0.2) is 50.8 Å². The van der Waals surface area contributed by atoms with E-state index in [1.807, 2.05) is 0 Å². The van der Waals surface area contributed by atoms with Gasteiger partial charge in [0.05, 0.1) is 41.1 Å². The first-order valence-electron chi connectivity index (χ1n) is 16.2. The predicted octanol–water partition coefficient (Wildman–Crippen LogP) is 6.27. The Hall–Kier alpha value is -3.49. The summed E-state index contributed by atoms with van der Waals surface area (Å²) in [5.41, 5.74) is -1.13. The van der Waals surface area contributed by atoms with Crippen LogP contribution in [-0.2, 0) is 11.3 Å². The smallest absolute Gasteiger partial charge is 0.278 e. The molecule has 8 bridgehead atoms. The zero-order chi connectivity index (χ0) is 31.9. The van der Waals surface area contributed by atoms with Crippen molar-refractivity contribution < 1.29 is 18.3 Å². The number of aliphatic hydroxyl groups excluding tert-OH is 1. The van der Waals surface area contributed by atoms with Gasteiger partial charge in [-0.2, -0.15) is 5.26 Å². The summed E-state index contributed by atoms with van der Waals surface area (Å²) < 4.78 is 49.3. The van der Waals surface area contributed by atoms with Crippen LogP contribution in [0.4, 0.5) is 19.0 Å². The van der Waals surface area contributed by atoms with Crippen LogP contribution >= 0.6 is 0 Å². The van der Waals surface area contributed by atoms with Crippen LogP contribution in [0.5, 0.6) is 0 Å². The summed E-state index contributed by atoms with van der Waals surface area (Å²) in [5, 5.41) is 24.3.